The molecule has 0 aromatic rings. The van der Waals surface area contributed by atoms with Crippen molar-refractivity contribution in [2.75, 3.05) is 0 Å². The Kier molecular flexibility index (Phi) is 5.16. The number of Topliss-reactive ketones (excluding diaryl/α,β-unsaturated/α-hetero) is 3. The highest BCUT2D eigenvalue weighted by Gasteiger charge is 2.77. The summed E-state index contributed by atoms with van der Waals surface area (Å²) in [6, 6.07) is 0. The molecule has 0 bridgehead atoms. The maximum absolute atomic E-state index is 13.5. The second kappa shape index (κ2) is 7.25. The van der Waals surface area contributed by atoms with E-state index in [0.29, 0.717) is 29.5 Å². The fraction of sp³-hybridized carbons (Fsp3) is 0.897. The first-order valence-electron chi connectivity index (χ1n) is 13.6. The van der Waals surface area contributed by atoms with Gasteiger partial charge in [0.25, 0.3) is 0 Å². The molecule has 0 aromatic carbocycles. The van der Waals surface area contributed by atoms with Crippen molar-refractivity contribution in [3.63, 3.8) is 0 Å². The first-order chi connectivity index (χ1) is 15.0. The van der Waals surface area contributed by atoms with Gasteiger partial charge in [-0.3, -0.25) is 14.4 Å². The third-order valence-corrected chi connectivity index (χ3v) is 12.2. The molecule has 1 spiro atoms. The van der Waals surface area contributed by atoms with Crippen LogP contribution in [0.4, 0.5) is 0 Å². The lowest BCUT2D eigenvalue weighted by atomic mass is 9.45. The summed E-state index contributed by atoms with van der Waals surface area (Å²) in [4.78, 5) is 39.9. The number of carbonyl (C=O) groups excluding carboxylic acids is 3. The van der Waals surface area contributed by atoms with Gasteiger partial charge in [0.05, 0.1) is 0 Å². The molecule has 10 atom stereocenters. The molecule has 0 aromatic heterocycles. The number of fused-ring (bicyclic) bond motifs is 4. The van der Waals surface area contributed by atoms with Crippen LogP contribution in [0, 0.1) is 63.6 Å². The van der Waals surface area contributed by atoms with E-state index < -0.39 is 0 Å². The van der Waals surface area contributed by atoms with Gasteiger partial charge in [-0.15, -0.1) is 0 Å². The molecular weight excluding hydrogens is 396 g/mol. The Morgan fingerprint density at radius 3 is 2.31 bits per heavy atom. The molecule has 0 heterocycles. The van der Waals surface area contributed by atoms with E-state index in [-0.39, 0.29) is 51.5 Å². The molecule has 0 unspecified atom stereocenters. The predicted molar refractivity (Wildman–Crippen MR) is 126 cm³/mol. The standard InChI is InChI=1S/C29H44O3/c1-7-19(16(2)3)26(32)25(31)17(4)21-8-9-22-20-14-24(30)29-15-18(29)10-13-28(29,6)23(20)11-12-27(21,22)5/h16-23H,7-15H2,1-6H3/t17-,18-,19-,20-,21+,22-,23-,27+,28+,29-/m0/s1. The van der Waals surface area contributed by atoms with Crippen molar-refractivity contribution < 1.29 is 14.4 Å². The first kappa shape index (κ1) is 22.8. The predicted octanol–water partition coefficient (Wildman–Crippen LogP) is 6.28. The fourth-order valence-corrected chi connectivity index (χ4v) is 10.4. The molecule has 0 radical (unpaired) electrons. The Bertz CT molecular complexity index is 843. The molecule has 0 amide bonds. The molecule has 3 nitrogen and oxygen atoms in total. The van der Waals surface area contributed by atoms with Gasteiger partial charge in [-0.1, -0.05) is 41.5 Å². The van der Waals surface area contributed by atoms with E-state index in [0.717, 1.165) is 32.1 Å². The van der Waals surface area contributed by atoms with Crippen molar-refractivity contribution >= 4 is 17.3 Å². The van der Waals surface area contributed by atoms with Crippen molar-refractivity contribution in [3.05, 3.63) is 0 Å². The van der Waals surface area contributed by atoms with Gasteiger partial charge in [-0.2, -0.15) is 0 Å². The van der Waals surface area contributed by atoms with Crippen LogP contribution in [0.1, 0.15) is 99.3 Å². The molecule has 5 aliphatic carbocycles. The van der Waals surface area contributed by atoms with Crippen LogP contribution >= 0.6 is 0 Å². The first-order valence-corrected chi connectivity index (χ1v) is 13.6. The minimum Gasteiger partial charge on any atom is -0.299 e. The topological polar surface area (TPSA) is 51.2 Å². The highest BCUT2D eigenvalue weighted by molar-refractivity contribution is 6.38. The molecule has 5 fully saturated rings. The second-order valence-corrected chi connectivity index (χ2v) is 13.3. The number of hydrogen-bond donors (Lipinski definition) is 0. The van der Waals surface area contributed by atoms with Crippen LogP contribution in [0.3, 0.4) is 0 Å². The smallest absolute Gasteiger partial charge is 0.201 e. The average Bonchev–Trinajstić information content (AvgIpc) is 3.27. The second-order valence-electron chi connectivity index (χ2n) is 13.3. The van der Waals surface area contributed by atoms with Crippen molar-refractivity contribution in [2.45, 2.75) is 99.3 Å². The van der Waals surface area contributed by atoms with Gasteiger partial charge in [0.2, 0.25) is 11.6 Å². The van der Waals surface area contributed by atoms with Crippen LogP contribution in [-0.4, -0.2) is 17.3 Å². The van der Waals surface area contributed by atoms with Crippen LogP contribution in [-0.2, 0) is 14.4 Å². The molecule has 0 N–H and O–H groups in total. The Labute approximate surface area is 194 Å². The average molecular weight is 441 g/mol. The van der Waals surface area contributed by atoms with Gasteiger partial charge < -0.3 is 0 Å². The van der Waals surface area contributed by atoms with E-state index in [1.54, 1.807) is 0 Å². The lowest BCUT2D eigenvalue weighted by Gasteiger charge is -2.58. The van der Waals surface area contributed by atoms with E-state index in [2.05, 4.69) is 27.7 Å². The Balaban J connectivity index is 1.38. The zero-order valence-electron chi connectivity index (χ0n) is 21.2. The van der Waals surface area contributed by atoms with Gasteiger partial charge >= 0.3 is 0 Å². The van der Waals surface area contributed by atoms with Gasteiger partial charge in [0.15, 0.2) is 0 Å². The van der Waals surface area contributed by atoms with Crippen molar-refractivity contribution in [1.29, 1.82) is 0 Å². The molecule has 5 rings (SSSR count). The summed E-state index contributed by atoms with van der Waals surface area (Å²) in [6.07, 6.45) is 9.76. The fourth-order valence-electron chi connectivity index (χ4n) is 10.4. The number of ketones is 3. The molecule has 5 saturated carbocycles. The maximum Gasteiger partial charge on any atom is 0.201 e. The van der Waals surface area contributed by atoms with E-state index in [9.17, 15) is 14.4 Å². The minimum atomic E-state index is -0.192. The summed E-state index contributed by atoms with van der Waals surface area (Å²) in [5.74, 6) is 2.89. The Morgan fingerprint density at radius 1 is 0.969 bits per heavy atom. The summed E-state index contributed by atoms with van der Waals surface area (Å²) < 4.78 is 0. The van der Waals surface area contributed by atoms with E-state index in [1.807, 2.05) is 13.8 Å². The molecular formula is C29H44O3. The monoisotopic (exact) mass is 440 g/mol. The minimum absolute atomic E-state index is 0.0433. The van der Waals surface area contributed by atoms with Gasteiger partial charge in [0.1, 0.15) is 5.78 Å². The molecule has 0 aliphatic heterocycles. The maximum atomic E-state index is 13.5. The van der Waals surface area contributed by atoms with Gasteiger partial charge in [-0.05, 0) is 97.7 Å². The SMILES string of the molecule is CC[C@H](C(=O)C(=O)[C@@H](C)[C@H]1CC[C@H]2[C@@H]3CC(=O)[C@]45C[C@@H]4CC[C@]5(C)[C@H]3CC[C@]12C)C(C)C. The van der Waals surface area contributed by atoms with Crippen molar-refractivity contribution in [1.82, 2.24) is 0 Å². The molecule has 178 valence electrons. The largest absolute Gasteiger partial charge is 0.299 e. The lowest BCUT2D eigenvalue weighted by molar-refractivity contribution is -0.153. The summed E-state index contributed by atoms with van der Waals surface area (Å²) in [7, 11) is 0. The summed E-state index contributed by atoms with van der Waals surface area (Å²) in [5, 5.41) is 0. The summed E-state index contributed by atoms with van der Waals surface area (Å²) in [5.41, 5.74) is 0.362. The van der Waals surface area contributed by atoms with Crippen LogP contribution in [0.25, 0.3) is 0 Å². The highest BCUT2D eigenvalue weighted by Crippen LogP contribution is 2.80. The Morgan fingerprint density at radius 2 is 1.69 bits per heavy atom. The van der Waals surface area contributed by atoms with E-state index >= 15 is 0 Å². The van der Waals surface area contributed by atoms with E-state index in [4.69, 9.17) is 0 Å². The van der Waals surface area contributed by atoms with Gasteiger partial charge in [-0.25, -0.2) is 0 Å². The number of carbonyl (C=O) groups is 3. The van der Waals surface area contributed by atoms with E-state index in [1.165, 1.54) is 25.7 Å². The summed E-state index contributed by atoms with van der Waals surface area (Å²) >= 11 is 0. The van der Waals surface area contributed by atoms with Crippen molar-refractivity contribution in [3.8, 4) is 0 Å². The number of rotatable bonds is 6. The highest BCUT2D eigenvalue weighted by atomic mass is 16.2. The zero-order valence-corrected chi connectivity index (χ0v) is 21.2. The van der Waals surface area contributed by atoms with Crippen molar-refractivity contribution in [2.24, 2.45) is 63.6 Å². The van der Waals surface area contributed by atoms with Crippen LogP contribution in [0.5, 0.6) is 0 Å². The van der Waals surface area contributed by atoms with Crippen LogP contribution in [0.15, 0.2) is 0 Å². The quantitative estimate of drug-likeness (QED) is 0.457. The lowest BCUT2D eigenvalue weighted by Crippen LogP contribution is -2.55. The summed E-state index contributed by atoms with van der Waals surface area (Å²) in [6.45, 7) is 13.0. The molecule has 5 aliphatic rings. The zero-order chi connectivity index (χ0) is 23.2. The third kappa shape index (κ3) is 2.69. The van der Waals surface area contributed by atoms with Gasteiger partial charge in [0, 0.05) is 23.7 Å². The Hall–Kier alpha value is -0.990. The molecule has 32 heavy (non-hydrogen) atoms. The van der Waals surface area contributed by atoms with Crippen LogP contribution in [0.2, 0.25) is 0 Å². The molecule has 3 heteroatoms. The number of hydrogen-bond acceptors (Lipinski definition) is 3. The third-order valence-electron chi connectivity index (χ3n) is 12.2. The van der Waals surface area contributed by atoms with Crippen LogP contribution < -0.4 is 0 Å². The normalized spacial score (nSPS) is 48.5. The molecule has 0 saturated heterocycles.